The lowest BCUT2D eigenvalue weighted by Crippen LogP contribution is -2.40. The van der Waals surface area contributed by atoms with Crippen LogP contribution in [0.3, 0.4) is 0 Å². The van der Waals surface area contributed by atoms with Gasteiger partial charge in [0.2, 0.25) is 0 Å². The number of aliphatic hydroxyl groups is 1. The van der Waals surface area contributed by atoms with Gasteiger partial charge in [0.15, 0.2) is 0 Å². The summed E-state index contributed by atoms with van der Waals surface area (Å²) in [6, 6.07) is 0.586. The van der Waals surface area contributed by atoms with Crippen LogP contribution in [0.5, 0.6) is 0 Å². The van der Waals surface area contributed by atoms with Crippen LogP contribution >= 0.6 is 11.8 Å². The molecule has 0 spiro atoms. The molecule has 2 N–H and O–H groups in total. The van der Waals surface area contributed by atoms with E-state index in [4.69, 9.17) is 4.74 Å². The molecule has 1 aliphatic rings. The van der Waals surface area contributed by atoms with Gasteiger partial charge in [-0.1, -0.05) is 6.42 Å². The third-order valence-corrected chi connectivity index (χ3v) is 4.21. The molecule has 0 aromatic heterocycles. The minimum Gasteiger partial charge on any atom is -0.389 e. The fourth-order valence-corrected chi connectivity index (χ4v) is 2.99. The van der Waals surface area contributed by atoms with Crippen molar-refractivity contribution in [2.24, 2.45) is 0 Å². The molecule has 0 aromatic rings. The van der Waals surface area contributed by atoms with E-state index in [0.29, 0.717) is 25.8 Å². The summed E-state index contributed by atoms with van der Waals surface area (Å²) >= 11 is 1.97. The average molecular weight is 247 g/mol. The van der Waals surface area contributed by atoms with Crippen LogP contribution in [0.4, 0.5) is 0 Å². The number of hydrogen-bond acceptors (Lipinski definition) is 4. The van der Waals surface area contributed by atoms with Crippen molar-refractivity contribution in [1.82, 2.24) is 5.32 Å². The first-order valence-electron chi connectivity index (χ1n) is 6.28. The standard InChI is InChI=1S/C12H25NO2S/c1-3-15-9-11(14)8-13-10-5-4-6-12(7-10)16-2/h10-14H,3-9H2,1-2H3. The molecular formula is C12H25NO2S. The lowest BCUT2D eigenvalue weighted by molar-refractivity contribution is 0.0407. The van der Waals surface area contributed by atoms with Crippen molar-refractivity contribution in [3.63, 3.8) is 0 Å². The number of ether oxygens (including phenoxy) is 1. The molecule has 16 heavy (non-hydrogen) atoms. The van der Waals surface area contributed by atoms with E-state index >= 15 is 0 Å². The Balaban J connectivity index is 2.11. The number of thioether (sulfide) groups is 1. The second-order valence-electron chi connectivity index (χ2n) is 4.44. The van der Waals surface area contributed by atoms with Crippen LogP contribution in [-0.2, 0) is 4.74 Å². The summed E-state index contributed by atoms with van der Waals surface area (Å²) in [6.07, 6.45) is 6.97. The van der Waals surface area contributed by atoms with Gasteiger partial charge in [-0.05, 0) is 32.4 Å². The largest absolute Gasteiger partial charge is 0.389 e. The highest BCUT2D eigenvalue weighted by molar-refractivity contribution is 7.99. The van der Waals surface area contributed by atoms with Crippen molar-refractivity contribution in [2.75, 3.05) is 26.0 Å². The Labute approximate surface area is 103 Å². The fourth-order valence-electron chi connectivity index (χ4n) is 2.16. The maximum atomic E-state index is 9.64. The molecule has 0 aromatic carbocycles. The molecule has 1 saturated carbocycles. The van der Waals surface area contributed by atoms with E-state index in [2.05, 4.69) is 11.6 Å². The van der Waals surface area contributed by atoms with Crippen molar-refractivity contribution in [3.05, 3.63) is 0 Å². The van der Waals surface area contributed by atoms with Crippen LogP contribution < -0.4 is 5.32 Å². The zero-order valence-corrected chi connectivity index (χ0v) is 11.3. The minimum absolute atomic E-state index is 0.366. The van der Waals surface area contributed by atoms with Crippen LogP contribution in [0.25, 0.3) is 0 Å². The maximum absolute atomic E-state index is 9.64. The van der Waals surface area contributed by atoms with Gasteiger partial charge in [0.1, 0.15) is 0 Å². The zero-order valence-electron chi connectivity index (χ0n) is 10.4. The van der Waals surface area contributed by atoms with Crippen molar-refractivity contribution in [2.45, 2.75) is 50.0 Å². The minimum atomic E-state index is -0.366. The van der Waals surface area contributed by atoms with Gasteiger partial charge in [-0.15, -0.1) is 0 Å². The average Bonchev–Trinajstić information content (AvgIpc) is 2.34. The molecule has 96 valence electrons. The van der Waals surface area contributed by atoms with E-state index < -0.39 is 0 Å². The molecule has 0 radical (unpaired) electrons. The van der Waals surface area contributed by atoms with Crippen LogP contribution in [0.15, 0.2) is 0 Å². The molecule has 0 amide bonds. The smallest absolute Gasteiger partial charge is 0.0897 e. The van der Waals surface area contributed by atoms with E-state index in [-0.39, 0.29) is 6.10 Å². The number of hydrogen-bond donors (Lipinski definition) is 2. The Hall–Kier alpha value is 0.230. The quantitative estimate of drug-likeness (QED) is 0.718. The molecule has 3 nitrogen and oxygen atoms in total. The number of nitrogens with one attached hydrogen (secondary N) is 1. The highest BCUT2D eigenvalue weighted by Crippen LogP contribution is 2.26. The Morgan fingerprint density at radius 1 is 1.50 bits per heavy atom. The Morgan fingerprint density at radius 2 is 2.31 bits per heavy atom. The van der Waals surface area contributed by atoms with Gasteiger partial charge in [-0.2, -0.15) is 11.8 Å². The highest BCUT2D eigenvalue weighted by atomic mass is 32.2. The van der Waals surface area contributed by atoms with Crippen molar-refractivity contribution in [1.29, 1.82) is 0 Å². The lowest BCUT2D eigenvalue weighted by Gasteiger charge is -2.29. The molecule has 1 aliphatic carbocycles. The lowest BCUT2D eigenvalue weighted by atomic mass is 9.95. The molecular weight excluding hydrogens is 222 g/mol. The van der Waals surface area contributed by atoms with Gasteiger partial charge < -0.3 is 15.2 Å². The summed E-state index contributed by atoms with van der Waals surface area (Å²) in [7, 11) is 0. The molecule has 0 heterocycles. The van der Waals surface area contributed by atoms with Gasteiger partial charge in [0.25, 0.3) is 0 Å². The van der Waals surface area contributed by atoms with Gasteiger partial charge >= 0.3 is 0 Å². The number of aliphatic hydroxyl groups excluding tert-OH is 1. The molecule has 4 heteroatoms. The predicted molar refractivity (Wildman–Crippen MR) is 70.1 cm³/mol. The SMILES string of the molecule is CCOCC(O)CNC1CCCC(SC)C1. The first-order chi connectivity index (χ1) is 7.76. The third kappa shape index (κ3) is 5.53. The first-order valence-corrected chi connectivity index (χ1v) is 7.57. The Bertz CT molecular complexity index is 180. The monoisotopic (exact) mass is 247 g/mol. The topological polar surface area (TPSA) is 41.5 Å². The van der Waals surface area contributed by atoms with E-state index in [0.717, 1.165) is 5.25 Å². The van der Waals surface area contributed by atoms with Gasteiger partial charge in [-0.3, -0.25) is 0 Å². The highest BCUT2D eigenvalue weighted by Gasteiger charge is 2.21. The molecule has 3 unspecified atom stereocenters. The molecule has 0 saturated heterocycles. The van der Waals surface area contributed by atoms with Gasteiger partial charge in [0, 0.05) is 24.4 Å². The normalized spacial score (nSPS) is 27.9. The Kier molecular flexibility index (Phi) is 7.45. The summed E-state index contributed by atoms with van der Waals surface area (Å²) in [5, 5.41) is 13.9. The molecule has 1 rings (SSSR count). The van der Waals surface area contributed by atoms with Gasteiger partial charge in [0.05, 0.1) is 12.7 Å². The van der Waals surface area contributed by atoms with Crippen molar-refractivity contribution < 1.29 is 9.84 Å². The van der Waals surface area contributed by atoms with Gasteiger partial charge in [-0.25, -0.2) is 0 Å². The Morgan fingerprint density at radius 3 is 3.00 bits per heavy atom. The zero-order chi connectivity index (χ0) is 11.8. The van der Waals surface area contributed by atoms with Crippen LogP contribution in [-0.4, -0.2) is 48.5 Å². The van der Waals surface area contributed by atoms with Crippen LogP contribution in [0.1, 0.15) is 32.6 Å². The molecule has 0 aliphatic heterocycles. The second-order valence-corrected chi connectivity index (χ2v) is 5.58. The van der Waals surface area contributed by atoms with Crippen LogP contribution in [0, 0.1) is 0 Å². The predicted octanol–water partition coefficient (Wildman–Crippen LogP) is 1.65. The van der Waals surface area contributed by atoms with E-state index in [9.17, 15) is 5.11 Å². The summed E-state index contributed by atoms with van der Waals surface area (Å²) < 4.78 is 5.18. The van der Waals surface area contributed by atoms with E-state index in [1.54, 1.807) is 0 Å². The van der Waals surface area contributed by atoms with Crippen molar-refractivity contribution in [3.8, 4) is 0 Å². The fraction of sp³-hybridized carbons (Fsp3) is 1.00. The van der Waals surface area contributed by atoms with E-state index in [1.807, 2.05) is 18.7 Å². The summed E-state index contributed by atoms with van der Waals surface area (Å²) in [4.78, 5) is 0. The molecule has 1 fully saturated rings. The van der Waals surface area contributed by atoms with Crippen LogP contribution in [0.2, 0.25) is 0 Å². The third-order valence-electron chi connectivity index (χ3n) is 3.12. The summed E-state index contributed by atoms with van der Waals surface area (Å²) in [5.74, 6) is 0. The van der Waals surface area contributed by atoms with E-state index in [1.165, 1.54) is 25.7 Å². The molecule has 3 atom stereocenters. The summed E-state index contributed by atoms with van der Waals surface area (Å²) in [5.41, 5.74) is 0. The summed E-state index contributed by atoms with van der Waals surface area (Å²) in [6.45, 7) is 3.73. The second kappa shape index (κ2) is 8.34. The first kappa shape index (κ1) is 14.3. The van der Waals surface area contributed by atoms with Crippen molar-refractivity contribution >= 4 is 11.8 Å². The molecule has 0 bridgehead atoms. The number of rotatable bonds is 7. The maximum Gasteiger partial charge on any atom is 0.0897 e.